The summed E-state index contributed by atoms with van der Waals surface area (Å²) in [7, 11) is 0. The van der Waals surface area contributed by atoms with Gasteiger partial charge in [-0.2, -0.15) is 0 Å². The average molecular weight is 346 g/mol. The number of carbonyl (C=O) groups excluding carboxylic acids is 2. The quantitative estimate of drug-likeness (QED) is 0.853. The van der Waals surface area contributed by atoms with Crippen LogP contribution in [0.1, 0.15) is 36.0 Å². The fraction of sp³-hybridized carbons (Fsp3) is 0.579. The highest BCUT2D eigenvalue weighted by atomic mass is 16.7. The lowest BCUT2D eigenvalue weighted by atomic mass is 10.0. The zero-order valence-corrected chi connectivity index (χ0v) is 15.2. The van der Waals surface area contributed by atoms with E-state index in [1.807, 2.05) is 32.9 Å². The summed E-state index contributed by atoms with van der Waals surface area (Å²) in [6.45, 7) is 8.31. The Labute approximate surface area is 148 Å². The standard InChI is InChI=1S/C19H26N2O4/c1-13-10-14(2)18(15(3)11-13)20-16(22)12-17(23)21-6-4-19(5-7-21)24-8-9-25-19/h10-11H,4-9,12H2,1-3H3,(H,20,22). The minimum absolute atomic E-state index is 0.137. The van der Waals surface area contributed by atoms with Gasteiger partial charge in [0.05, 0.1) is 13.2 Å². The number of ether oxygens (including phenoxy) is 2. The van der Waals surface area contributed by atoms with Gasteiger partial charge in [0, 0.05) is 31.6 Å². The Bertz CT molecular complexity index is 647. The topological polar surface area (TPSA) is 67.9 Å². The largest absolute Gasteiger partial charge is 0.347 e. The van der Waals surface area contributed by atoms with E-state index in [1.54, 1.807) is 4.90 Å². The fourth-order valence-corrected chi connectivity index (χ4v) is 3.69. The molecule has 3 rings (SSSR count). The molecule has 2 aliphatic heterocycles. The van der Waals surface area contributed by atoms with Crippen LogP contribution in [0.3, 0.4) is 0 Å². The zero-order valence-electron chi connectivity index (χ0n) is 15.2. The molecule has 2 saturated heterocycles. The normalized spacial score (nSPS) is 19.2. The predicted octanol–water partition coefficient (Wildman–Crippen LogP) is 2.31. The molecule has 0 saturated carbocycles. The van der Waals surface area contributed by atoms with E-state index in [2.05, 4.69) is 5.32 Å². The van der Waals surface area contributed by atoms with Crippen molar-refractivity contribution in [1.82, 2.24) is 4.90 Å². The monoisotopic (exact) mass is 346 g/mol. The second-order valence-electron chi connectivity index (χ2n) is 6.99. The first-order chi connectivity index (χ1) is 11.9. The van der Waals surface area contributed by atoms with Crippen molar-refractivity contribution in [3.63, 3.8) is 0 Å². The first kappa shape index (κ1) is 17.9. The summed E-state index contributed by atoms with van der Waals surface area (Å²) in [5.74, 6) is -0.920. The number of hydrogen-bond donors (Lipinski definition) is 1. The third-order valence-electron chi connectivity index (χ3n) is 4.94. The SMILES string of the molecule is Cc1cc(C)c(NC(=O)CC(=O)N2CCC3(CC2)OCCO3)c(C)c1. The molecular formula is C19H26N2O4. The van der Waals surface area contributed by atoms with Gasteiger partial charge in [-0.3, -0.25) is 9.59 Å². The summed E-state index contributed by atoms with van der Waals surface area (Å²) in [5, 5.41) is 2.89. The first-order valence-corrected chi connectivity index (χ1v) is 8.82. The van der Waals surface area contributed by atoms with Crippen molar-refractivity contribution >= 4 is 17.5 Å². The van der Waals surface area contributed by atoms with E-state index >= 15 is 0 Å². The summed E-state index contributed by atoms with van der Waals surface area (Å²) in [5.41, 5.74) is 3.97. The van der Waals surface area contributed by atoms with Gasteiger partial charge in [-0.15, -0.1) is 0 Å². The number of carbonyl (C=O) groups is 2. The molecule has 0 atom stereocenters. The Kier molecular flexibility index (Phi) is 5.11. The van der Waals surface area contributed by atoms with Crippen LogP contribution in [0, 0.1) is 20.8 Å². The van der Waals surface area contributed by atoms with Crippen LogP contribution < -0.4 is 5.32 Å². The molecule has 2 amide bonds. The van der Waals surface area contributed by atoms with Crippen LogP contribution in [0.25, 0.3) is 0 Å². The molecule has 2 fully saturated rings. The molecule has 0 aromatic heterocycles. The third kappa shape index (κ3) is 4.02. The van der Waals surface area contributed by atoms with Crippen molar-refractivity contribution in [2.24, 2.45) is 0 Å². The van der Waals surface area contributed by atoms with Gasteiger partial charge in [0.15, 0.2) is 5.79 Å². The minimum atomic E-state index is -0.505. The molecule has 6 nitrogen and oxygen atoms in total. The third-order valence-corrected chi connectivity index (χ3v) is 4.94. The Hall–Kier alpha value is -1.92. The Morgan fingerprint density at radius 3 is 2.20 bits per heavy atom. The highest BCUT2D eigenvalue weighted by molar-refractivity contribution is 6.04. The molecule has 0 aliphatic carbocycles. The maximum absolute atomic E-state index is 12.4. The molecule has 0 unspecified atom stereocenters. The van der Waals surface area contributed by atoms with Crippen LogP contribution in [0.4, 0.5) is 5.69 Å². The van der Waals surface area contributed by atoms with Crippen LogP contribution in [0.5, 0.6) is 0 Å². The van der Waals surface area contributed by atoms with E-state index in [0.717, 1.165) is 22.4 Å². The van der Waals surface area contributed by atoms with Gasteiger partial charge >= 0.3 is 0 Å². The zero-order chi connectivity index (χ0) is 18.0. The minimum Gasteiger partial charge on any atom is -0.347 e. The van der Waals surface area contributed by atoms with E-state index in [0.29, 0.717) is 39.1 Å². The van der Waals surface area contributed by atoms with Crippen molar-refractivity contribution in [1.29, 1.82) is 0 Å². The van der Waals surface area contributed by atoms with Gasteiger partial charge in [-0.1, -0.05) is 17.7 Å². The van der Waals surface area contributed by atoms with E-state index < -0.39 is 5.79 Å². The number of amides is 2. The van der Waals surface area contributed by atoms with Crippen molar-refractivity contribution in [3.05, 3.63) is 28.8 Å². The van der Waals surface area contributed by atoms with Crippen LogP contribution in [0.15, 0.2) is 12.1 Å². The summed E-state index contributed by atoms with van der Waals surface area (Å²) in [4.78, 5) is 26.4. The first-order valence-electron chi connectivity index (χ1n) is 8.82. The van der Waals surface area contributed by atoms with Gasteiger partial charge in [0.2, 0.25) is 11.8 Å². The summed E-state index contributed by atoms with van der Waals surface area (Å²) in [6, 6.07) is 4.05. The number of piperidine rings is 1. The highest BCUT2D eigenvalue weighted by Crippen LogP contribution is 2.31. The number of nitrogens with one attached hydrogen (secondary N) is 1. The Morgan fingerprint density at radius 1 is 1.08 bits per heavy atom. The average Bonchev–Trinajstić information content (AvgIpc) is 2.99. The van der Waals surface area contributed by atoms with Crippen molar-refractivity contribution in [3.8, 4) is 0 Å². The van der Waals surface area contributed by atoms with Crippen LogP contribution >= 0.6 is 0 Å². The number of aryl methyl sites for hydroxylation is 3. The molecule has 0 radical (unpaired) electrons. The molecule has 2 aliphatic rings. The molecular weight excluding hydrogens is 320 g/mol. The second-order valence-corrected chi connectivity index (χ2v) is 6.99. The van der Waals surface area contributed by atoms with Crippen LogP contribution in [-0.4, -0.2) is 48.8 Å². The molecule has 136 valence electrons. The maximum Gasteiger partial charge on any atom is 0.233 e. The molecule has 2 heterocycles. The summed E-state index contributed by atoms with van der Waals surface area (Å²) >= 11 is 0. The van der Waals surface area contributed by atoms with E-state index in [9.17, 15) is 9.59 Å². The number of hydrogen-bond acceptors (Lipinski definition) is 4. The number of rotatable bonds is 3. The van der Waals surface area contributed by atoms with Crippen LogP contribution in [0.2, 0.25) is 0 Å². The van der Waals surface area contributed by atoms with Gasteiger partial charge in [-0.05, 0) is 31.9 Å². The molecule has 25 heavy (non-hydrogen) atoms. The van der Waals surface area contributed by atoms with Crippen molar-refractivity contribution in [2.75, 3.05) is 31.6 Å². The van der Waals surface area contributed by atoms with E-state index in [1.165, 1.54) is 0 Å². The van der Waals surface area contributed by atoms with Gasteiger partial charge < -0.3 is 19.7 Å². The number of likely N-dealkylation sites (tertiary alicyclic amines) is 1. The van der Waals surface area contributed by atoms with E-state index in [4.69, 9.17) is 9.47 Å². The highest BCUT2D eigenvalue weighted by Gasteiger charge is 2.40. The molecule has 1 N–H and O–H groups in total. The number of benzene rings is 1. The Morgan fingerprint density at radius 2 is 1.64 bits per heavy atom. The lowest BCUT2D eigenvalue weighted by Gasteiger charge is -2.37. The van der Waals surface area contributed by atoms with Crippen molar-refractivity contribution in [2.45, 2.75) is 45.8 Å². The number of nitrogens with zero attached hydrogens (tertiary/aromatic N) is 1. The lowest BCUT2D eigenvalue weighted by Crippen LogP contribution is -2.47. The van der Waals surface area contributed by atoms with Gasteiger partial charge in [0.1, 0.15) is 6.42 Å². The van der Waals surface area contributed by atoms with E-state index in [-0.39, 0.29) is 18.2 Å². The van der Waals surface area contributed by atoms with Crippen LogP contribution in [-0.2, 0) is 19.1 Å². The molecule has 1 spiro atoms. The Balaban J connectivity index is 1.54. The second kappa shape index (κ2) is 7.14. The van der Waals surface area contributed by atoms with Gasteiger partial charge in [0.25, 0.3) is 0 Å². The maximum atomic E-state index is 12.4. The smallest absolute Gasteiger partial charge is 0.233 e. The summed E-state index contributed by atoms with van der Waals surface area (Å²) in [6.07, 6.45) is 1.19. The summed E-state index contributed by atoms with van der Waals surface area (Å²) < 4.78 is 11.3. The molecule has 1 aromatic carbocycles. The van der Waals surface area contributed by atoms with Crippen molar-refractivity contribution < 1.29 is 19.1 Å². The molecule has 1 aromatic rings. The fourth-order valence-electron chi connectivity index (χ4n) is 3.69. The molecule has 0 bridgehead atoms. The lowest BCUT2D eigenvalue weighted by molar-refractivity contribution is -0.187. The number of anilines is 1. The van der Waals surface area contributed by atoms with Gasteiger partial charge in [-0.25, -0.2) is 0 Å². The predicted molar refractivity (Wildman–Crippen MR) is 94.3 cm³/mol. The molecule has 6 heteroatoms.